The maximum absolute atomic E-state index is 8.91. The van der Waals surface area contributed by atoms with Crippen LogP contribution in [0.5, 0.6) is 0 Å². The van der Waals surface area contributed by atoms with Crippen LogP contribution in [0.1, 0.15) is 302 Å². The van der Waals surface area contributed by atoms with Gasteiger partial charge in [-0.15, -0.1) is 0 Å². The van der Waals surface area contributed by atoms with E-state index in [2.05, 4.69) is 36.5 Å². The molecule has 4 heteroatoms. The zero-order valence-corrected chi connectivity index (χ0v) is 42.4. The van der Waals surface area contributed by atoms with Crippen molar-refractivity contribution in [1.29, 1.82) is 0 Å². The molecule has 1 unspecified atom stereocenters. The summed E-state index contributed by atoms with van der Waals surface area (Å²) in [7, 11) is 0. The SMILES string of the molecule is OCCCCCCCC/C=C\CCCCCCCCC1CCCOC1(CCCCCCCC/C=C\CCCCCCCCO)CCCCCCCC/C=C\CCCCCCCCO. The standard InChI is InChI=1S/C59H112O4/c60-54-46-40-34-28-22-16-10-4-1-7-13-19-25-31-37-43-50-58-51-49-57-63-59(58,52-44-38-32-26-20-14-8-2-5-11-17-23-29-35-41-47-55-61)53-45-39-33-27-21-15-9-3-6-12-18-24-30-36-42-48-56-62/h1-6,58,60-62H,7-57H2/b4-1-,5-2-,6-3-. The topological polar surface area (TPSA) is 69.9 Å². The summed E-state index contributed by atoms with van der Waals surface area (Å²) < 4.78 is 6.97. The van der Waals surface area contributed by atoms with Crippen molar-refractivity contribution in [3.63, 3.8) is 0 Å². The van der Waals surface area contributed by atoms with Gasteiger partial charge in [0.25, 0.3) is 0 Å². The van der Waals surface area contributed by atoms with Crippen molar-refractivity contribution in [2.75, 3.05) is 26.4 Å². The summed E-state index contributed by atoms with van der Waals surface area (Å²) in [6.07, 6.45) is 75.9. The smallest absolute Gasteiger partial charge is 0.0710 e. The minimum atomic E-state index is 0.152. The monoisotopic (exact) mass is 885 g/mol. The number of aliphatic hydroxyl groups is 3. The van der Waals surface area contributed by atoms with Crippen LogP contribution in [0.15, 0.2) is 36.5 Å². The largest absolute Gasteiger partial charge is 0.396 e. The molecule has 1 saturated heterocycles. The number of hydrogen-bond acceptors (Lipinski definition) is 4. The Morgan fingerprint density at radius 3 is 0.873 bits per heavy atom. The van der Waals surface area contributed by atoms with Crippen molar-refractivity contribution in [3.8, 4) is 0 Å². The minimum absolute atomic E-state index is 0.152. The number of rotatable bonds is 51. The van der Waals surface area contributed by atoms with Crippen LogP contribution in [0.2, 0.25) is 0 Å². The van der Waals surface area contributed by atoms with Gasteiger partial charge in [-0.25, -0.2) is 0 Å². The molecule has 0 aromatic heterocycles. The van der Waals surface area contributed by atoms with E-state index in [1.807, 2.05) is 0 Å². The molecule has 0 bridgehead atoms. The van der Waals surface area contributed by atoms with Crippen molar-refractivity contribution in [1.82, 2.24) is 0 Å². The molecule has 0 aromatic carbocycles. The summed E-state index contributed by atoms with van der Waals surface area (Å²) in [5.74, 6) is 0.771. The molecule has 0 aromatic rings. The number of unbranched alkanes of at least 4 members (excludes halogenated alkanes) is 36. The number of allylic oxidation sites excluding steroid dienone is 6. The molecule has 1 aliphatic heterocycles. The Morgan fingerprint density at radius 2 is 0.571 bits per heavy atom. The summed E-state index contributed by atoms with van der Waals surface area (Å²) in [5, 5.41) is 26.7. The van der Waals surface area contributed by atoms with E-state index < -0.39 is 0 Å². The first kappa shape index (κ1) is 60.1. The van der Waals surface area contributed by atoms with Gasteiger partial charge in [0, 0.05) is 26.4 Å². The van der Waals surface area contributed by atoms with Crippen molar-refractivity contribution in [3.05, 3.63) is 36.5 Å². The van der Waals surface area contributed by atoms with Gasteiger partial charge in [-0.3, -0.25) is 0 Å². The van der Waals surface area contributed by atoms with E-state index >= 15 is 0 Å². The first-order valence-electron chi connectivity index (χ1n) is 28.7. The predicted octanol–water partition coefficient (Wildman–Crippen LogP) is 18.4. The third kappa shape index (κ3) is 41.0. The molecule has 63 heavy (non-hydrogen) atoms. The van der Waals surface area contributed by atoms with Crippen LogP contribution in [0.25, 0.3) is 0 Å². The third-order valence-corrected chi connectivity index (χ3v) is 14.3. The Kier molecular flexibility index (Phi) is 48.1. The van der Waals surface area contributed by atoms with E-state index in [0.29, 0.717) is 19.8 Å². The Balaban J connectivity index is 2.35. The van der Waals surface area contributed by atoms with Crippen molar-refractivity contribution < 1.29 is 20.1 Å². The second-order valence-corrected chi connectivity index (χ2v) is 20.1. The molecule has 1 fully saturated rings. The third-order valence-electron chi connectivity index (χ3n) is 14.3. The number of ether oxygens (including phenoxy) is 1. The highest BCUT2D eigenvalue weighted by Crippen LogP contribution is 2.42. The molecule has 3 N–H and O–H groups in total. The average Bonchev–Trinajstić information content (AvgIpc) is 3.30. The van der Waals surface area contributed by atoms with Crippen molar-refractivity contribution >= 4 is 0 Å². The molecule has 1 atom stereocenters. The van der Waals surface area contributed by atoms with E-state index in [1.54, 1.807) is 0 Å². The normalized spacial score (nSPS) is 15.6. The molecule has 1 rings (SSSR count). The molecular weight excluding hydrogens is 773 g/mol. The summed E-state index contributed by atoms with van der Waals surface area (Å²) in [4.78, 5) is 0. The highest BCUT2D eigenvalue weighted by molar-refractivity contribution is 4.91. The zero-order chi connectivity index (χ0) is 45.1. The van der Waals surface area contributed by atoms with Crippen molar-refractivity contribution in [2.45, 2.75) is 307 Å². The molecule has 372 valence electrons. The number of hydrogen-bond donors (Lipinski definition) is 3. The quantitative estimate of drug-likeness (QED) is 0.0420. The van der Waals surface area contributed by atoms with Gasteiger partial charge in [0.2, 0.25) is 0 Å². The maximum atomic E-state index is 8.91. The maximum Gasteiger partial charge on any atom is 0.0710 e. The second-order valence-electron chi connectivity index (χ2n) is 20.1. The molecule has 0 aliphatic carbocycles. The van der Waals surface area contributed by atoms with E-state index in [0.717, 1.165) is 31.8 Å². The average molecular weight is 886 g/mol. The van der Waals surface area contributed by atoms with Crippen molar-refractivity contribution in [2.24, 2.45) is 5.92 Å². The van der Waals surface area contributed by atoms with Crippen LogP contribution >= 0.6 is 0 Å². The van der Waals surface area contributed by atoms with E-state index in [-0.39, 0.29) is 5.60 Å². The Labute approximate surface area is 394 Å². The first-order chi connectivity index (χ1) is 31.3. The lowest BCUT2D eigenvalue weighted by Gasteiger charge is -2.45. The molecule has 4 nitrogen and oxygen atoms in total. The molecule has 0 spiro atoms. The molecule has 0 radical (unpaired) electrons. The van der Waals surface area contributed by atoms with Gasteiger partial charge in [0.15, 0.2) is 0 Å². The Bertz CT molecular complexity index is 913. The van der Waals surface area contributed by atoms with Gasteiger partial charge in [0.05, 0.1) is 5.60 Å². The fraction of sp³-hybridized carbons (Fsp3) is 0.898. The molecule has 0 saturated carbocycles. The number of aliphatic hydroxyl groups excluding tert-OH is 3. The van der Waals surface area contributed by atoms with E-state index in [9.17, 15) is 0 Å². The fourth-order valence-electron chi connectivity index (χ4n) is 10.2. The lowest BCUT2D eigenvalue weighted by atomic mass is 9.73. The molecule has 1 heterocycles. The first-order valence-corrected chi connectivity index (χ1v) is 28.7. The molecule has 0 amide bonds. The van der Waals surface area contributed by atoms with Gasteiger partial charge in [-0.2, -0.15) is 0 Å². The summed E-state index contributed by atoms with van der Waals surface area (Å²) in [6.45, 7) is 2.05. The van der Waals surface area contributed by atoms with Gasteiger partial charge in [-0.1, -0.05) is 210 Å². The fourth-order valence-corrected chi connectivity index (χ4v) is 10.2. The second kappa shape index (κ2) is 50.5. The van der Waals surface area contributed by atoms with Crippen LogP contribution in [-0.4, -0.2) is 47.3 Å². The molecule has 1 aliphatic rings. The lowest BCUT2D eigenvalue weighted by Crippen LogP contribution is -2.44. The lowest BCUT2D eigenvalue weighted by molar-refractivity contribution is -0.133. The Morgan fingerprint density at radius 1 is 0.317 bits per heavy atom. The van der Waals surface area contributed by atoms with Gasteiger partial charge >= 0.3 is 0 Å². The van der Waals surface area contributed by atoms with Crippen LogP contribution in [-0.2, 0) is 4.74 Å². The summed E-state index contributed by atoms with van der Waals surface area (Å²) in [6, 6.07) is 0. The zero-order valence-electron chi connectivity index (χ0n) is 42.4. The molecular formula is C59H112O4. The minimum Gasteiger partial charge on any atom is -0.396 e. The summed E-state index contributed by atoms with van der Waals surface area (Å²) >= 11 is 0. The van der Waals surface area contributed by atoms with E-state index in [4.69, 9.17) is 20.1 Å². The summed E-state index contributed by atoms with van der Waals surface area (Å²) in [5.41, 5.74) is 0.152. The van der Waals surface area contributed by atoms with Crippen LogP contribution < -0.4 is 0 Å². The van der Waals surface area contributed by atoms with Gasteiger partial charge in [-0.05, 0) is 134 Å². The van der Waals surface area contributed by atoms with Crippen LogP contribution in [0.4, 0.5) is 0 Å². The highest BCUT2D eigenvalue weighted by Gasteiger charge is 2.40. The van der Waals surface area contributed by atoms with Crippen LogP contribution in [0.3, 0.4) is 0 Å². The Hall–Kier alpha value is -0.940. The predicted molar refractivity (Wildman–Crippen MR) is 278 cm³/mol. The van der Waals surface area contributed by atoms with Gasteiger partial charge < -0.3 is 20.1 Å². The highest BCUT2D eigenvalue weighted by atomic mass is 16.5. The van der Waals surface area contributed by atoms with Gasteiger partial charge in [0.1, 0.15) is 0 Å². The van der Waals surface area contributed by atoms with E-state index in [1.165, 1.54) is 283 Å². The van der Waals surface area contributed by atoms with Crippen LogP contribution in [0, 0.1) is 5.92 Å².